The molecule has 1 saturated heterocycles. The van der Waals surface area contributed by atoms with Crippen molar-refractivity contribution in [3.63, 3.8) is 0 Å². The number of nitrogens with zero attached hydrogens (tertiary/aromatic N) is 5. The summed E-state index contributed by atoms with van der Waals surface area (Å²) < 4.78 is 7.27. The molecular formula is C20H23N5O4. The maximum absolute atomic E-state index is 12.2. The van der Waals surface area contributed by atoms with Crippen LogP contribution >= 0.6 is 0 Å². The largest absolute Gasteiger partial charge is 0.444 e. The minimum Gasteiger partial charge on any atom is -0.444 e. The molecule has 0 aliphatic carbocycles. The number of carbonyl (C=O) groups is 1. The van der Waals surface area contributed by atoms with Gasteiger partial charge in [0, 0.05) is 37.3 Å². The second kappa shape index (κ2) is 6.33. The predicted octanol–water partition coefficient (Wildman–Crippen LogP) is 3.67. The molecule has 152 valence electrons. The molecule has 1 fully saturated rings. The maximum atomic E-state index is 12.2. The highest BCUT2D eigenvalue weighted by molar-refractivity contribution is 6.00. The highest BCUT2D eigenvalue weighted by Crippen LogP contribution is 2.48. The van der Waals surface area contributed by atoms with Gasteiger partial charge in [-0.3, -0.25) is 14.8 Å². The number of para-hydroxylation sites is 1. The number of anilines is 1. The van der Waals surface area contributed by atoms with Crippen LogP contribution in [0.25, 0.3) is 16.8 Å². The fraction of sp³-hybridized carbons (Fsp3) is 0.400. The topological polar surface area (TPSA) is 93.7 Å². The third-order valence-electron chi connectivity index (χ3n) is 5.17. The Kier molecular flexibility index (Phi) is 4.14. The van der Waals surface area contributed by atoms with Gasteiger partial charge in [-0.1, -0.05) is 18.7 Å². The molecule has 0 radical (unpaired) electrons. The molecule has 29 heavy (non-hydrogen) atoms. The van der Waals surface area contributed by atoms with Crippen LogP contribution in [0.15, 0.2) is 31.0 Å². The number of nitro benzene ring substituents is 1. The molecule has 0 spiro atoms. The van der Waals surface area contributed by atoms with Crippen molar-refractivity contribution in [1.82, 2.24) is 14.7 Å². The van der Waals surface area contributed by atoms with E-state index < -0.39 is 5.60 Å². The van der Waals surface area contributed by atoms with Crippen molar-refractivity contribution in [2.24, 2.45) is 0 Å². The smallest absolute Gasteiger partial charge is 0.410 e. The number of ether oxygens (including phenoxy) is 1. The highest BCUT2D eigenvalue weighted by Gasteiger charge is 2.39. The van der Waals surface area contributed by atoms with Gasteiger partial charge in [0.15, 0.2) is 0 Å². The van der Waals surface area contributed by atoms with Crippen molar-refractivity contribution in [2.45, 2.75) is 32.4 Å². The summed E-state index contributed by atoms with van der Waals surface area (Å²) in [4.78, 5) is 26.7. The first kappa shape index (κ1) is 19.0. The third-order valence-corrected chi connectivity index (χ3v) is 5.17. The lowest BCUT2D eigenvalue weighted by atomic mass is 9.96. The van der Waals surface area contributed by atoms with Gasteiger partial charge in [-0.25, -0.2) is 4.79 Å². The number of benzene rings is 1. The summed E-state index contributed by atoms with van der Waals surface area (Å²) in [5, 5.41) is 16.0. The van der Waals surface area contributed by atoms with Crippen molar-refractivity contribution >= 4 is 23.2 Å². The van der Waals surface area contributed by atoms with Crippen molar-refractivity contribution in [3.05, 3.63) is 46.8 Å². The standard InChI is InChI=1S/C20H23N5O4/c1-12-17-15(14-7-6-8-16(25(27)28)18(14)22(12)5)9-21-24(17)13-10-23(11-13)19(26)29-20(2,3)4/h6-9,13H,1,10-11H2,2-5H3. The van der Waals surface area contributed by atoms with Crippen LogP contribution in [0.2, 0.25) is 0 Å². The number of hydrogen-bond donors (Lipinski definition) is 0. The molecule has 1 amide bonds. The van der Waals surface area contributed by atoms with Gasteiger partial charge < -0.3 is 14.5 Å². The summed E-state index contributed by atoms with van der Waals surface area (Å²) in [6.45, 7) is 10.6. The first-order chi connectivity index (χ1) is 13.6. The van der Waals surface area contributed by atoms with Crippen LogP contribution in [0.3, 0.4) is 0 Å². The van der Waals surface area contributed by atoms with Crippen LogP contribution in [-0.4, -0.2) is 51.4 Å². The van der Waals surface area contributed by atoms with Crippen LogP contribution in [0.4, 0.5) is 16.2 Å². The number of fused-ring (bicyclic) bond motifs is 3. The Balaban J connectivity index is 1.64. The molecule has 9 nitrogen and oxygen atoms in total. The fourth-order valence-corrected chi connectivity index (χ4v) is 3.75. The van der Waals surface area contributed by atoms with Crippen molar-refractivity contribution in [1.29, 1.82) is 0 Å². The average molecular weight is 397 g/mol. The van der Waals surface area contributed by atoms with Gasteiger partial charge >= 0.3 is 6.09 Å². The number of likely N-dealkylation sites (tertiary alicyclic amines) is 1. The van der Waals surface area contributed by atoms with E-state index in [1.54, 1.807) is 29.1 Å². The number of aromatic nitrogens is 2. The van der Waals surface area contributed by atoms with Crippen molar-refractivity contribution in [2.75, 3.05) is 25.0 Å². The minimum absolute atomic E-state index is 0.00309. The van der Waals surface area contributed by atoms with Gasteiger partial charge in [-0.2, -0.15) is 5.10 Å². The van der Waals surface area contributed by atoms with E-state index in [0.717, 1.165) is 16.8 Å². The molecule has 0 N–H and O–H groups in total. The summed E-state index contributed by atoms with van der Waals surface area (Å²) in [7, 11) is 1.77. The first-order valence-electron chi connectivity index (χ1n) is 9.34. The molecule has 3 heterocycles. The van der Waals surface area contributed by atoms with E-state index in [0.29, 0.717) is 24.5 Å². The maximum Gasteiger partial charge on any atom is 0.410 e. The first-order valence-corrected chi connectivity index (χ1v) is 9.34. The zero-order chi connectivity index (χ0) is 21.1. The number of amides is 1. The number of hydrogen-bond acceptors (Lipinski definition) is 6. The number of nitro groups is 1. The Morgan fingerprint density at radius 1 is 1.31 bits per heavy atom. The Hall–Kier alpha value is -3.36. The lowest BCUT2D eigenvalue weighted by molar-refractivity contribution is -0.384. The summed E-state index contributed by atoms with van der Waals surface area (Å²) in [5.74, 6) is 0. The molecule has 4 rings (SSSR count). The number of carbonyl (C=O) groups excluding carboxylic acids is 1. The molecule has 0 unspecified atom stereocenters. The summed E-state index contributed by atoms with van der Waals surface area (Å²) in [6.07, 6.45) is 1.37. The molecule has 2 aromatic rings. The molecule has 9 heteroatoms. The van der Waals surface area contributed by atoms with Crippen LogP contribution in [0.5, 0.6) is 0 Å². The number of rotatable bonds is 2. The Morgan fingerprint density at radius 3 is 2.62 bits per heavy atom. The quantitative estimate of drug-likeness (QED) is 0.567. The molecule has 2 aliphatic rings. The normalized spacial score (nSPS) is 16.2. The Labute approximate surface area is 168 Å². The molecule has 1 aromatic carbocycles. The van der Waals surface area contributed by atoms with Gasteiger partial charge in [0.05, 0.1) is 28.6 Å². The Morgan fingerprint density at radius 2 is 2.00 bits per heavy atom. The van der Waals surface area contributed by atoms with Crippen molar-refractivity contribution < 1.29 is 14.5 Å². The molecular weight excluding hydrogens is 374 g/mol. The van der Waals surface area contributed by atoms with Crippen molar-refractivity contribution in [3.8, 4) is 11.1 Å². The predicted molar refractivity (Wildman–Crippen MR) is 109 cm³/mol. The zero-order valence-corrected chi connectivity index (χ0v) is 16.9. The highest BCUT2D eigenvalue weighted by atomic mass is 16.6. The summed E-state index contributed by atoms with van der Waals surface area (Å²) >= 11 is 0. The zero-order valence-electron chi connectivity index (χ0n) is 16.9. The van der Waals surface area contributed by atoms with Crippen LogP contribution in [-0.2, 0) is 4.74 Å². The molecule has 0 atom stereocenters. The molecule has 2 aliphatic heterocycles. The van der Waals surface area contributed by atoms with Crippen LogP contribution in [0, 0.1) is 10.1 Å². The minimum atomic E-state index is -0.539. The third kappa shape index (κ3) is 3.02. The second-order valence-corrected chi connectivity index (χ2v) is 8.33. The van der Waals surface area contributed by atoms with Crippen LogP contribution in [0.1, 0.15) is 32.5 Å². The van der Waals surface area contributed by atoms with E-state index in [1.807, 2.05) is 31.5 Å². The summed E-state index contributed by atoms with van der Waals surface area (Å²) in [6, 6.07) is 5.01. The molecule has 1 aromatic heterocycles. The van der Waals surface area contributed by atoms with E-state index in [1.165, 1.54) is 6.07 Å². The van der Waals surface area contributed by atoms with Gasteiger partial charge in [0.1, 0.15) is 11.3 Å². The van der Waals surface area contributed by atoms with Crippen LogP contribution < -0.4 is 4.90 Å². The Bertz CT molecular complexity index is 1030. The van der Waals surface area contributed by atoms with E-state index in [-0.39, 0.29) is 22.7 Å². The van der Waals surface area contributed by atoms with Gasteiger partial charge in [-0.05, 0) is 20.8 Å². The summed E-state index contributed by atoms with van der Waals surface area (Å²) in [5.41, 5.74) is 3.01. The second-order valence-electron chi connectivity index (χ2n) is 8.33. The lowest BCUT2D eigenvalue weighted by Gasteiger charge is -2.41. The van der Waals surface area contributed by atoms with E-state index in [9.17, 15) is 14.9 Å². The monoisotopic (exact) mass is 397 g/mol. The SMILES string of the molecule is C=C1c2c(cnn2C2CN(C(=O)OC(C)(C)C)C2)-c2cccc([N+](=O)[O-])c2N1C. The van der Waals surface area contributed by atoms with Gasteiger partial charge in [0.25, 0.3) is 5.69 Å². The fourth-order valence-electron chi connectivity index (χ4n) is 3.75. The average Bonchev–Trinajstić information content (AvgIpc) is 3.01. The van der Waals surface area contributed by atoms with E-state index in [4.69, 9.17) is 4.74 Å². The van der Waals surface area contributed by atoms with Gasteiger partial charge in [-0.15, -0.1) is 0 Å². The van der Waals surface area contributed by atoms with Gasteiger partial charge in [0.2, 0.25) is 0 Å². The molecule has 0 bridgehead atoms. The lowest BCUT2D eigenvalue weighted by Crippen LogP contribution is -2.52. The molecule has 0 saturated carbocycles. The van der Waals surface area contributed by atoms with E-state index in [2.05, 4.69) is 11.7 Å². The van der Waals surface area contributed by atoms with E-state index >= 15 is 0 Å².